The number of furan rings is 1. The van der Waals surface area contributed by atoms with Gasteiger partial charge in [0.05, 0.1) is 28.9 Å². The number of nitrogens with zero attached hydrogens (tertiary/aromatic N) is 2. The summed E-state index contributed by atoms with van der Waals surface area (Å²) < 4.78 is 34.6. The van der Waals surface area contributed by atoms with Crippen LogP contribution in [0.5, 0.6) is 0 Å². The molecule has 1 aliphatic carbocycles. The number of carbonyl (C=O) groups is 1. The zero-order chi connectivity index (χ0) is 22.2. The maximum Gasteiger partial charge on any atom is 0.273 e. The van der Waals surface area contributed by atoms with Crippen LogP contribution in [0.3, 0.4) is 0 Å². The molecule has 31 heavy (non-hydrogen) atoms. The minimum atomic E-state index is -3.77. The van der Waals surface area contributed by atoms with Gasteiger partial charge in [-0.05, 0) is 70.0 Å². The van der Waals surface area contributed by atoms with Crippen LogP contribution >= 0.6 is 0 Å². The van der Waals surface area contributed by atoms with Gasteiger partial charge >= 0.3 is 0 Å². The molecule has 4 rings (SSSR count). The highest BCUT2D eigenvalue weighted by atomic mass is 32.2. The van der Waals surface area contributed by atoms with Gasteiger partial charge in [-0.2, -0.15) is 5.10 Å². The van der Waals surface area contributed by atoms with E-state index in [9.17, 15) is 13.2 Å². The largest absolute Gasteiger partial charge is 0.468 e. The molecule has 0 saturated heterocycles. The van der Waals surface area contributed by atoms with Crippen molar-refractivity contribution in [2.75, 3.05) is 5.32 Å². The lowest BCUT2D eigenvalue weighted by molar-refractivity contribution is 0.100. The first-order valence-corrected chi connectivity index (χ1v) is 11.7. The second-order valence-corrected chi connectivity index (χ2v) is 10.5. The standard InChI is InChI=1S/C22H26N4O4S/c1-22(2,3)26-20(13-19(25-26)15-9-10-15)21(27)24-16-6-4-8-18(12-16)31(28,29)23-14-17-7-5-11-30-17/h4-8,11-13,15,23H,9-10,14H2,1-3H3,(H,24,27). The average Bonchev–Trinajstić information content (AvgIpc) is 3.24. The molecule has 1 aliphatic rings. The molecule has 0 aliphatic heterocycles. The number of nitrogens with one attached hydrogen (secondary N) is 2. The van der Waals surface area contributed by atoms with Crippen LogP contribution in [0.1, 0.15) is 61.5 Å². The normalized spacial score (nSPS) is 14.5. The summed E-state index contributed by atoms with van der Waals surface area (Å²) in [4.78, 5) is 13.1. The fourth-order valence-electron chi connectivity index (χ4n) is 3.25. The summed E-state index contributed by atoms with van der Waals surface area (Å²) in [5, 5.41) is 7.47. The van der Waals surface area contributed by atoms with Crippen LogP contribution in [-0.4, -0.2) is 24.1 Å². The monoisotopic (exact) mass is 442 g/mol. The van der Waals surface area contributed by atoms with Gasteiger partial charge in [0.15, 0.2) is 0 Å². The van der Waals surface area contributed by atoms with E-state index < -0.39 is 10.0 Å². The number of benzene rings is 1. The highest BCUT2D eigenvalue weighted by Crippen LogP contribution is 2.40. The summed E-state index contributed by atoms with van der Waals surface area (Å²) in [5.74, 6) is 0.603. The van der Waals surface area contributed by atoms with Crippen molar-refractivity contribution in [3.05, 3.63) is 65.9 Å². The Balaban J connectivity index is 1.53. The number of aromatic nitrogens is 2. The maximum atomic E-state index is 13.0. The van der Waals surface area contributed by atoms with E-state index in [0.29, 0.717) is 23.1 Å². The Kier molecular flexibility index (Phi) is 5.49. The Labute approximate surface area is 181 Å². The molecule has 0 bridgehead atoms. The first-order valence-electron chi connectivity index (χ1n) is 10.2. The molecule has 2 heterocycles. The lowest BCUT2D eigenvalue weighted by Crippen LogP contribution is -2.29. The molecule has 164 valence electrons. The van der Waals surface area contributed by atoms with Gasteiger partial charge in [0.2, 0.25) is 10.0 Å². The molecule has 8 nitrogen and oxygen atoms in total. The van der Waals surface area contributed by atoms with Gasteiger partial charge in [0.1, 0.15) is 11.5 Å². The Morgan fingerprint density at radius 2 is 1.97 bits per heavy atom. The third-order valence-corrected chi connectivity index (χ3v) is 6.41. The van der Waals surface area contributed by atoms with Gasteiger partial charge in [0, 0.05) is 11.6 Å². The zero-order valence-electron chi connectivity index (χ0n) is 17.8. The van der Waals surface area contributed by atoms with E-state index in [2.05, 4.69) is 15.1 Å². The fourth-order valence-corrected chi connectivity index (χ4v) is 4.29. The predicted molar refractivity (Wildman–Crippen MR) is 116 cm³/mol. The number of sulfonamides is 1. The van der Waals surface area contributed by atoms with Crippen LogP contribution in [0.25, 0.3) is 0 Å². The molecule has 2 N–H and O–H groups in total. The summed E-state index contributed by atoms with van der Waals surface area (Å²) in [7, 11) is -3.77. The Morgan fingerprint density at radius 3 is 2.61 bits per heavy atom. The second kappa shape index (κ2) is 7.97. The first kappa shape index (κ1) is 21.3. The molecule has 2 aromatic heterocycles. The van der Waals surface area contributed by atoms with Gasteiger partial charge in [-0.15, -0.1) is 0 Å². The summed E-state index contributed by atoms with van der Waals surface area (Å²) in [6.07, 6.45) is 3.66. The third kappa shape index (κ3) is 4.88. The van der Waals surface area contributed by atoms with Crippen molar-refractivity contribution < 1.29 is 17.6 Å². The van der Waals surface area contributed by atoms with Gasteiger partial charge in [-0.25, -0.2) is 13.1 Å². The Hall–Kier alpha value is -2.91. The molecule has 1 amide bonds. The minimum Gasteiger partial charge on any atom is -0.468 e. The molecule has 9 heteroatoms. The molecule has 1 saturated carbocycles. The number of hydrogen-bond acceptors (Lipinski definition) is 5. The van der Waals surface area contributed by atoms with Gasteiger partial charge in [0.25, 0.3) is 5.91 Å². The molecule has 0 radical (unpaired) electrons. The van der Waals surface area contributed by atoms with Crippen LogP contribution in [0, 0.1) is 0 Å². The molecule has 0 spiro atoms. The highest BCUT2D eigenvalue weighted by Gasteiger charge is 2.31. The SMILES string of the molecule is CC(C)(C)n1nc(C2CC2)cc1C(=O)Nc1cccc(S(=O)(=O)NCc2ccco2)c1. The van der Waals surface area contributed by atoms with Crippen molar-refractivity contribution in [2.45, 2.75) is 56.5 Å². The topological polar surface area (TPSA) is 106 Å². The Bertz CT molecular complexity index is 1190. The summed E-state index contributed by atoms with van der Waals surface area (Å²) >= 11 is 0. The van der Waals surface area contributed by atoms with Crippen molar-refractivity contribution in [3.63, 3.8) is 0 Å². The van der Waals surface area contributed by atoms with Crippen molar-refractivity contribution in [1.82, 2.24) is 14.5 Å². The number of amides is 1. The smallest absolute Gasteiger partial charge is 0.273 e. The van der Waals surface area contributed by atoms with Crippen LogP contribution in [-0.2, 0) is 22.1 Å². The van der Waals surface area contributed by atoms with Crippen LogP contribution in [0.4, 0.5) is 5.69 Å². The lowest BCUT2D eigenvalue weighted by atomic mass is 10.1. The molecular weight excluding hydrogens is 416 g/mol. The van der Waals surface area contributed by atoms with Gasteiger partial charge in [-0.3, -0.25) is 9.48 Å². The number of hydrogen-bond donors (Lipinski definition) is 2. The van der Waals surface area contributed by atoms with Crippen molar-refractivity contribution >= 4 is 21.6 Å². The van der Waals surface area contributed by atoms with E-state index in [1.165, 1.54) is 18.4 Å². The molecule has 0 unspecified atom stereocenters. The summed E-state index contributed by atoms with van der Waals surface area (Å²) in [5.41, 5.74) is 1.42. The first-order chi connectivity index (χ1) is 14.6. The van der Waals surface area contributed by atoms with Crippen LogP contribution in [0.2, 0.25) is 0 Å². The molecular formula is C22H26N4O4S. The Morgan fingerprint density at radius 1 is 1.19 bits per heavy atom. The average molecular weight is 443 g/mol. The fraction of sp³-hybridized carbons (Fsp3) is 0.364. The van der Waals surface area contributed by atoms with Crippen molar-refractivity contribution in [2.24, 2.45) is 0 Å². The van der Waals surface area contributed by atoms with E-state index in [1.807, 2.05) is 26.8 Å². The third-order valence-electron chi connectivity index (χ3n) is 5.01. The number of anilines is 1. The summed E-state index contributed by atoms with van der Waals surface area (Å²) in [6.45, 7) is 6.02. The van der Waals surface area contributed by atoms with Crippen molar-refractivity contribution in [3.8, 4) is 0 Å². The van der Waals surface area contributed by atoms with E-state index in [-0.39, 0.29) is 22.9 Å². The molecule has 1 fully saturated rings. The molecule has 3 aromatic rings. The van der Waals surface area contributed by atoms with Gasteiger partial charge in [-0.1, -0.05) is 6.07 Å². The van der Waals surface area contributed by atoms with Crippen LogP contribution in [0.15, 0.2) is 58.0 Å². The number of rotatable bonds is 7. The second-order valence-electron chi connectivity index (χ2n) is 8.70. The minimum absolute atomic E-state index is 0.0423. The quantitative estimate of drug-likeness (QED) is 0.578. The van der Waals surface area contributed by atoms with Crippen molar-refractivity contribution in [1.29, 1.82) is 0 Å². The summed E-state index contributed by atoms with van der Waals surface area (Å²) in [6, 6.07) is 11.4. The maximum absolute atomic E-state index is 13.0. The number of carbonyl (C=O) groups excluding carboxylic acids is 1. The van der Waals surface area contributed by atoms with Crippen LogP contribution < -0.4 is 10.0 Å². The van der Waals surface area contributed by atoms with E-state index in [1.54, 1.807) is 28.9 Å². The highest BCUT2D eigenvalue weighted by molar-refractivity contribution is 7.89. The van der Waals surface area contributed by atoms with E-state index in [0.717, 1.165) is 18.5 Å². The molecule has 0 atom stereocenters. The predicted octanol–water partition coefficient (Wildman–Crippen LogP) is 3.84. The lowest BCUT2D eigenvalue weighted by Gasteiger charge is -2.22. The van der Waals surface area contributed by atoms with Gasteiger partial charge < -0.3 is 9.73 Å². The van der Waals surface area contributed by atoms with E-state index >= 15 is 0 Å². The molecule has 1 aromatic carbocycles. The van der Waals surface area contributed by atoms with E-state index in [4.69, 9.17) is 4.42 Å². The zero-order valence-corrected chi connectivity index (χ0v) is 18.6.